The number of piperazine rings is 1. The van der Waals surface area contributed by atoms with Crippen molar-refractivity contribution in [2.45, 2.75) is 39.5 Å². The van der Waals surface area contributed by atoms with Crippen LogP contribution in [0.1, 0.15) is 39.5 Å². The average Bonchev–Trinajstić information content (AvgIpc) is 2.97. The van der Waals surface area contributed by atoms with E-state index in [4.69, 9.17) is 0 Å². The lowest BCUT2D eigenvalue weighted by Crippen LogP contribution is -2.51. The van der Waals surface area contributed by atoms with Crippen LogP contribution in [0.5, 0.6) is 0 Å². The van der Waals surface area contributed by atoms with Gasteiger partial charge in [0.2, 0.25) is 11.8 Å². The summed E-state index contributed by atoms with van der Waals surface area (Å²) in [7, 11) is 0. The Morgan fingerprint density at radius 3 is 1.90 bits per heavy atom. The third-order valence-corrected chi connectivity index (χ3v) is 4.41. The Balaban J connectivity index is 1.67. The molecule has 0 aromatic rings. The number of hydrogen-bond acceptors (Lipinski definition) is 3. The minimum atomic E-state index is 0.231. The Hall–Kier alpha value is -1.10. The van der Waals surface area contributed by atoms with Crippen LogP contribution in [0.4, 0.5) is 0 Å². The van der Waals surface area contributed by atoms with Crippen LogP contribution in [0.25, 0.3) is 0 Å². The van der Waals surface area contributed by atoms with Gasteiger partial charge in [-0.15, -0.1) is 0 Å². The number of likely N-dealkylation sites (tertiary alicyclic amines) is 1. The van der Waals surface area contributed by atoms with Gasteiger partial charge in [0.25, 0.3) is 0 Å². The summed E-state index contributed by atoms with van der Waals surface area (Å²) < 4.78 is 0. The van der Waals surface area contributed by atoms with Crippen LogP contribution in [0.15, 0.2) is 0 Å². The molecule has 0 N–H and O–H groups in total. The summed E-state index contributed by atoms with van der Waals surface area (Å²) >= 11 is 0. The van der Waals surface area contributed by atoms with E-state index < -0.39 is 0 Å². The molecule has 5 nitrogen and oxygen atoms in total. The van der Waals surface area contributed by atoms with Crippen LogP contribution < -0.4 is 0 Å². The van der Waals surface area contributed by atoms with Crippen molar-refractivity contribution in [2.24, 2.45) is 5.92 Å². The van der Waals surface area contributed by atoms with E-state index in [0.29, 0.717) is 44.9 Å². The highest BCUT2D eigenvalue weighted by atomic mass is 16.2. The summed E-state index contributed by atoms with van der Waals surface area (Å²) in [6.07, 6.45) is 3.78. The number of hydrogen-bond donors (Lipinski definition) is 0. The van der Waals surface area contributed by atoms with Gasteiger partial charge >= 0.3 is 0 Å². The summed E-state index contributed by atoms with van der Waals surface area (Å²) in [5.41, 5.74) is 0. The highest BCUT2D eigenvalue weighted by Crippen LogP contribution is 2.11. The van der Waals surface area contributed by atoms with Gasteiger partial charge in [0, 0.05) is 45.6 Å². The first-order valence-electron chi connectivity index (χ1n) is 8.34. The number of nitrogens with zero attached hydrogens (tertiary/aromatic N) is 3. The molecule has 0 spiro atoms. The Bertz CT molecular complexity index is 357. The molecule has 0 radical (unpaired) electrons. The normalized spacial score (nSPS) is 20.3. The predicted molar refractivity (Wildman–Crippen MR) is 82.9 cm³/mol. The van der Waals surface area contributed by atoms with Crippen LogP contribution in [0, 0.1) is 5.92 Å². The molecule has 0 atom stereocenters. The topological polar surface area (TPSA) is 43.9 Å². The smallest absolute Gasteiger partial charge is 0.223 e. The van der Waals surface area contributed by atoms with E-state index in [1.165, 1.54) is 12.8 Å². The zero-order chi connectivity index (χ0) is 15.2. The maximum atomic E-state index is 12.2. The van der Waals surface area contributed by atoms with Gasteiger partial charge in [0.05, 0.1) is 0 Å². The zero-order valence-electron chi connectivity index (χ0n) is 13.5. The van der Waals surface area contributed by atoms with Gasteiger partial charge in [0.15, 0.2) is 0 Å². The molecule has 0 bridgehead atoms. The number of carbonyl (C=O) groups excluding carboxylic acids is 2. The van der Waals surface area contributed by atoms with Gasteiger partial charge in [-0.25, -0.2) is 0 Å². The van der Waals surface area contributed by atoms with Crippen LogP contribution in [0.3, 0.4) is 0 Å². The maximum Gasteiger partial charge on any atom is 0.223 e. The monoisotopic (exact) mass is 295 g/mol. The Labute approximate surface area is 128 Å². The number of rotatable bonds is 5. The fourth-order valence-corrected chi connectivity index (χ4v) is 3.10. The van der Waals surface area contributed by atoms with E-state index in [2.05, 4.69) is 18.7 Å². The van der Waals surface area contributed by atoms with Crippen LogP contribution in [-0.2, 0) is 9.59 Å². The van der Waals surface area contributed by atoms with Crippen LogP contribution in [0.2, 0.25) is 0 Å². The van der Waals surface area contributed by atoms with Crippen molar-refractivity contribution in [1.29, 1.82) is 0 Å². The van der Waals surface area contributed by atoms with Gasteiger partial charge in [-0.05, 0) is 31.8 Å². The van der Waals surface area contributed by atoms with Crippen molar-refractivity contribution in [1.82, 2.24) is 14.7 Å². The van der Waals surface area contributed by atoms with Crippen molar-refractivity contribution in [2.75, 3.05) is 45.8 Å². The summed E-state index contributed by atoms with van der Waals surface area (Å²) in [6, 6.07) is 0. The molecule has 2 saturated heterocycles. The largest absolute Gasteiger partial charge is 0.339 e. The molecule has 2 fully saturated rings. The minimum Gasteiger partial charge on any atom is -0.339 e. The SMILES string of the molecule is CC(C)CC(=O)N1CCN(C(=O)CCN2CCCC2)CC1. The molecule has 2 rings (SSSR count). The quantitative estimate of drug-likeness (QED) is 0.765. The fraction of sp³-hybridized carbons (Fsp3) is 0.875. The lowest BCUT2D eigenvalue weighted by atomic mass is 10.1. The molecule has 0 aliphatic carbocycles. The first-order valence-corrected chi connectivity index (χ1v) is 8.34. The van der Waals surface area contributed by atoms with E-state index in [1.807, 2.05) is 9.80 Å². The standard InChI is InChI=1S/C16H29N3O2/c1-14(2)13-16(21)19-11-9-18(10-12-19)15(20)5-8-17-6-3-4-7-17/h14H,3-13H2,1-2H3. The fourth-order valence-electron chi connectivity index (χ4n) is 3.10. The molecular formula is C16H29N3O2. The van der Waals surface area contributed by atoms with Crippen molar-refractivity contribution in [3.8, 4) is 0 Å². The minimum absolute atomic E-state index is 0.231. The summed E-state index contributed by atoms with van der Waals surface area (Å²) in [5, 5.41) is 0. The summed E-state index contributed by atoms with van der Waals surface area (Å²) in [6.45, 7) is 10.1. The Kier molecular flexibility index (Phi) is 6.03. The molecule has 0 aromatic heterocycles. The molecule has 2 heterocycles. The van der Waals surface area contributed by atoms with E-state index in [-0.39, 0.29) is 11.8 Å². The highest BCUT2D eigenvalue weighted by Gasteiger charge is 2.24. The number of amides is 2. The first kappa shape index (κ1) is 16.3. The second-order valence-electron chi connectivity index (χ2n) is 6.66. The molecule has 2 aliphatic heterocycles. The van der Waals surface area contributed by atoms with Crippen molar-refractivity contribution >= 4 is 11.8 Å². The summed E-state index contributed by atoms with van der Waals surface area (Å²) in [4.78, 5) is 30.4. The van der Waals surface area contributed by atoms with Gasteiger partial charge in [-0.2, -0.15) is 0 Å². The highest BCUT2D eigenvalue weighted by molar-refractivity contribution is 5.78. The maximum absolute atomic E-state index is 12.2. The van der Waals surface area contributed by atoms with Crippen molar-refractivity contribution in [3.05, 3.63) is 0 Å². The van der Waals surface area contributed by atoms with Gasteiger partial charge in [0.1, 0.15) is 0 Å². The third kappa shape index (κ3) is 4.99. The molecule has 5 heteroatoms. The average molecular weight is 295 g/mol. The third-order valence-electron chi connectivity index (χ3n) is 4.41. The van der Waals surface area contributed by atoms with Gasteiger partial charge in [-0.1, -0.05) is 13.8 Å². The van der Waals surface area contributed by atoms with Gasteiger partial charge in [-0.3, -0.25) is 9.59 Å². The van der Waals surface area contributed by atoms with Crippen LogP contribution in [-0.4, -0.2) is 72.3 Å². The molecule has 120 valence electrons. The van der Waals surface area contributed by atoms with E-state index in [0.717, 1.165) is 19.6 Å². The molecular weight excluding hydrogens is 266 g/mol. The Morgan fingerprint density at radius 1 is 0.857 bits per heavy atom. The molecule has 0 saturated carbocycles. The molecule has 0 aromatic carbocycles. The molecule has 0 unspecified atom stereocenters. The first-order chi connectivity index (χ1) is 10.1. The lowest BCUT2D eigenvalue weighted by Gasteiger charge is -2.35. The Morgan fingerprint density at radius 2 is 1.38 bits per heavy atom. The van der Waals surface area contributed by atoms with Gasteiger partial charge < -0.3 is 14.7 Å². The van der Waals surface area contributed by atoms with E-state index >= 15 is 0 Å². The van der Waals surface area contributed by atoms with E-state index in [9.17, 15) is 9.59 Å². The predicted octanol–water partition coefficient (Wildman–Crippen LogP) is 1.19. The second kappa shape index (κ2) is 7.78. The van der Waals surface area contributed by atoms with Crippen molar-refractivity contribution < 1.29 is 9.59 Å². The zero-order valence-corrected chi connectivity index (χ0v) is 13.5. The lowest BCUT2D eigenvalue weighted by molar-refractivity contribution is -0.140. The summed E-state index contributed by atoms with van der Waals surface area (Å²) in [5.74, 6) is 0.879. The second-order valence-corrected chi connectivity index (χ2v) is 6.66. The van der Waals surface area contributed by atoms with Crippen LogP contribution >= 0.6 is 0 Å². The number of carbonyl (C=O) groups is 2. The molecule has 2 aliphatic rings. The van der Waals surface area contributed by atoms with Crippen molar-refractivity contribution in [3.63, 3.8) is 0 Å². The molecule has 2 amide bonds. The molecule has 21 heavy (non-hydrogen) atoms. The van der Waals surface area contributed by atoms with E-state index in [1.54, 1.807) is 0 Å².